The van der Waals surface area contributed by atoms with Gasteiger partial charge in [-0.3, -0.25) is 5.26 Å². The lowest BCUT2D eigenvalue weighted by atomic mass is 9.90. The number of carbonyl (C=O) groups excluding carboxylic acids is 1. The number of rotatable bonds is 1. The Morgan fingerprint density at radius 3 is 2.68 bits per heavy atom. The summed E-state index contributed by atoms with van der Waals surface area (Å²) in [5, 5.41) is 9.21. The normalized spacial score (nSPS) is 40.8. The third-order valence-electron chi connectivity index (χ3n) is 5.66. The van der Waals surface area contributed by atoms with Crippen LogP contribution in [0.3, 0.4) is 0 Å². The molecule has 0 aromatic rings. The van der Waals surface area contributed by atoms with E-state index in [9.17, 15) is 10.1 Å². The van der Waals surface area contributed by atoms with Gasteiger partial charge in [0.1, 0.15) is 12.2 Å². The van der Waals surface area contributed by atoms with Crippen LogP contribution in [0.4, 0.5) is 0 Å². The van der Waals surface area contributed by atoms with E-state index in [1.165, 1.54) is 5.57 Å². The monoisotopic (exact) mass is 348 g/mol. The fraction of sp³-hybridized carbons (Fsp3) is 0.650. The summed E-state index contributed by atoms with van der Waals surface area (Å²) in [6, 6.07) is 0. The Bertz CT molecular complexity index is 644. The fourth-order valence-corrected chi connectivity index (χ4v) is 3.87. The Morgan fingerprint density at radius 1 is 1.20 bits per heavy atom. The third kappa shape index (κ3) is 4.05. The van der Waals surface area contributed by atoms with Gasteiger partial charge < -0.3 is 9.47 Å². The Labute approximate surface area is 149 Å². The largest absolute Gasteiger partial charge is 0.450 e. The maximum Gasteiger partial charge on any atom is 0.334 e. The van der Waals surface area contributed by atoms with Crippen LogP contribution >= 0.6 is 0 Å². The Kier molecular flexibility index (Phi) is 5.19. The first kappa shape index (κ1) is 18.4. The number of hydrogen-bond acceptors (Lipinski definition) is 5. The van der Waals surface area contributed by atoms with Crippen molar-refractivity contribution in [3.05, 3.63) is 34.4 Å². The van der Waals surface area contributed by atoms with Crippen molar-refractivity contribution in [1.82, 2.24) is 0 Å². The van der Waals surface area contributed by atoms with Gasteiger partial charge in [0.15, 0.2) is 0 Å². The molecule has 1 aliphatic carbocycles. The zero-order valence-electron chi connectivity index (χ0n) is 15.5. The van der Waals surface area contributed by atoms with E-state index >= 15 is 0 Å². The van der Waals surface area contributed by atoms with Crippen molar-refractivity contribution in [3.8, 4) is 0 Å². The van der Waals surface area contributed by atoms with E-state index in [1.807, 2.05) is 26.0 Å². The molecule has 0 saturated carbocycles. The summed E-state index contributed by atoms with van der Waals surface area (Å²) in [7, 11) is 0. The maximum absolute atomic E-state index is 12.0. The molecular formula is C20H28O5. The molecule has 4 atom stereocenters. The van der Waals surface area contributed by atoms with Crippen molar-refractivity contribution in [2.45, 2.75) is 83.7 Å². The smallest absolute Gasteiger partial charge is 0.334 e. The topological polar surface area (TPSA) is 68.3 Å². The van der Waals surface area contributed by atoms with Gasteiger partial charge in [-0.05, 0) is 65.0 Å². The molecule has 1 N–H and O–H groups in total. The van der Waals surface area contributed by atoms with Gasteiger partial charge in [-0.25, -0.2) is 9.68 Å². The van der Waals surface area contributed by atoms with Gasteiger partial charge >= 0.3 is 5.97 Å². The average molecular weight is 348 g/mol. The number of fused-ring (bicyclic) bond motifs is 2. The lowest BCUT2D eigenvalue weighted by molar-refractivity contribution is -0.265. The average Bonchev–Trinajstić information content (AvgIpc) is 3.13. The minimum Gasteiger partial charge on any atom is -0.450 e. The molecule has 5 nitrogen and oxygen atoms in total. The molecule has 2 heterocycles. The molecule has 0 bridgehead atoms. The Hall–Kier alpha value is -1.43. The van der Waals surface area contributed by atoms with Crippen LogP contribution in [0.2, 0.25) is 0 Å². The van der Waals surface area contributed by atoms with E-state index in [2.05, 4.69) is 18.7 Å². The van der Waals surface area contributed by atoms with E-state index < -0.39 is 6.10 Å². The van der Waals surface area contributed by atoms with Crippen molar-refractivity contribution < 1.29 is 24.4 Å². The molecule has 3 rings (SSSR count). The molecule has 0 aromatic heterocycles. The first-order valence-electron chi connectivity index (χ1n) is 9.05. The Balaban J connectivity index is 1.87. The van der Waals surface area contributed by atoms with Gasteiger partial charge in [-0.1, -0.05) is 17.2 Å². The summed E-state index contributed by atoms with van der Waals surface area (Å²) in [4.78, 5) is 16.6. The fourth-order valence-electron chi connectivity index (χ4n) is 3.87. The number of carbonyl (C=O) groups is 1. The summed E-state index contributed by atoms with van der Waals surface area (Å²) in [5.41, 5.74) is 3.86. The quantitative estimate of drug-likeness (QED) is 0.254. The highest BCUT2D eigenvalue weighted by Gasteiger charge is 2.51. The number of hydrogen-bond donors (Lipinski definition) is 1. The molecule has 3 aliphatic rings. The molecule has 1 saturated heterocycles. The second-order valence-electron chi connectivity index (χ2n) is 7.81. The minimum absolute atomic E-state index is 0.112. The van der Waals surface area contributed by atoms with E-state index in [0.717, 1.165) is 36.8 Å². The second-order valence-corrected chi connectivity index (χ2v) is 7.81. The third-order valence-corrected chi connectivity index (χ3v) is 5.66. The van der Waals surface area contributed by atoms with Gasteiger partial charge in [-0.15, -0.1) is 0 Å². The highest BCUT2D eigenvalue weighted by atomic mass is 17.1. The molecule has 0 unspecified atom stereocenters. The van der Waals surface area contributed by atoms with Crippen LogP contribution in [0.5, 0.6) is 0 Å². The van der Waals surface area contributed by atoms with E-state index in [1.54, 1.807) is 0 Å². The molecule has 138 valence electrons. The molecule has 2 aliphatic heterocycles. The van der Waals surface area contributed by atoms with Crippen molar-refractivity contribution in [2.75, 3.05) is 0 Å². The zero-order valence-corrected chi connectivity index (χ0v) is 15.5. The van der Waals surface area contributed by atoms with Gasteiger partial charge in [0.05, 0.1) is 11.7 Å². The molecule has 0 amide bonds. The van der Waals surface area contributed by atoms with Crippen molar-refractivity contribution in [1.29, 1.82) is 0 Å². The first-order chi connectivity index (χ1) is 11.8. The molecule has 0 aromatic carbocycles. The van der Waals surface area contributed by atoms with Crippen LogP contribution in [0.15, 0.2) is 34.4 Å². The number of ether oxygens (including phenoxy) is 2. The van der Waals surface area contributed by atoms with Crippen molar-refractivity contribution >= 4 is 5.97 Å². The SMILES string of the molecule is CC1=C2CC[C@@]3(C)O[C@@H]3CC/C(C)=C\[C@H](OO)C/C(C)=C/[C@@H]2OC1=O. The summed E-state index contributed by atoms with van der Waals surface area (Å²) in [6.07, 6.45) is 7.62. The standard InChI is InChI=1S/C20H28O5/c1-12-5-6-18-20(4,24-18)8-7-16-14(3)19(21)23-17(16)11-13(2)10-15(9-12)25-22/h9,11,15,17-18,22H,5-8,10H2,1-4H3/b12-9-,13-11+/t15-,17-,18+,20+/m0/s1. The van der Waals surface area contributed by atoms with Crippen molar-refractivity contribution in [3.63, 3.8) is 0 Å². The molecular weight excluding hydrogens is 320 g/mol. The number of allylic oxidation sites excluding steroid dienone is 1. The first-order valence-corrected chi connectivity index (χ1v) is 9.05. The van der Waals surface area contributed by atoms with E-state index in [-0.39, 0.29) is 23.8 Å². The summed E-state index contributed by atoms with van der Waals surface area (Å²) in [6.45, 7) is 8.01. The van der Waals surface area contributed by atoms with Crippen LogP contribution in [-0.4, -0.2) is 35.1 Å². The van der Waals surface area contributed by atoms with Crippen LogP contribution in [-0.2, 0) is 19.2 Å². The molecule has 0 spiro atoms. The molecule has 1 fully saturated rings. The summed E-state index contributed by atoms with van der Waals surface area (Å²) < 4.78 is 11.5. The lowest BCUT2D eigenvalue weighted by Gasteiger charge is -2.16. The van der Waals surface area contributed by atoms with Crippen LogP contribution in [0.1, 0.15) is 59.8 Å². The van der Waals surface area contributed by atoms with Gasteiger partial charge in [0.2, 0.25) is 0 Å². The zero-order chi connectivity index (χ0) is 18.2. The van der Waals surface area contributed by atoms with E-state index in [0.29, 0.717) is 12.0 Å². The van der Waals surface area contributed by atoms with Crippen LogP contribution in [0.25, 0.3) is 0 Å². The van der Waals surface area contributed by atoms with Crippen LogP contribution < -0.4 is 0 Å². The molecule has 5 heteroatoms. The Morgan fingerprint density at radius 2 is 1.96 bits per heavy atom. The highest BCUT2D eigenvalue weighted by Crippen LogP contribution is 2.45. The minimum atomic E-state index is -0.392. The van der Waals surface area contributed by atoms with Crippen LogP contribution in [0, 0.1) is 0 Å². The summed E-state index contributed by atoms with van der Waals surface area (Å²) >= 11 is 0. The van der Waals surface area contributed by atoms with Gasteiger partial charge in [0.25, 0.3) is 0 Å². The van der Waals surface area contributed by atoms with Crippen molar-refractivity contribution in [2.24, 2.45) is 0 Å². The maximum atomic E-state index is 12.0. The summed E-state index contributed by atoms with van der Waals surface area (Å²) in [5.74, 6) is -0.238. The number of esters is 1. The highest BCUT2D eigenvalue weighted by molar-refractivity contribution is 5.92. The second kappa shape index (κ2) is 7.06. The van der Waals surface area contributed by atoms with Gasteiger partial charge in [0, 0.05) is 12.0 Å². The predicted octanol–water partition coefficient (Wildman–Crippen LogP) is 4.10. The molecule has 0 radical (unpaired) electrons. The van der Waals surface area contributed by atoms with Gasteiger partial charge in [-0.2, -0.15) is 0 Å². The number of epoxide rings is 1. The van der Waals surface area contributed by atoms with E-state index in [4.69, 9.17) is 9.47 Å². The predicted molar refractivity (Wildman–Crippen MR) is 94.0 cm³/mol. The lowest BCUT2D eigenvalue weighted by Crippen LogP contribution is -2.16. The molecule has 25 heavy (non-hydrogen) atoms.